The Balaban J connectivity index is 0.00000676. The van der Waals surface area contributed by atoms with Gasteiger partial charge in [0.1, 0.15) is 11.3 Å². The zero-order valence-electron chi connectivity index (χ0n) is 17.1. The van der Waals surface area contributed by atoms with E-state index in [-0.39, 0.29) is 28.7 Å². The first-order valence-corrected chi connectivity index (χ1v) is 10.7. The smallest absolute Gasteiger partial charge is 0.341 e. The van der Waals surface area contributed by atoms with Gasteiger partial charge in [-0.05, 0) is 18.6 Å². The van der Waals surface area contributed by atoms with Crippen LogP contribution in [0.25, 0.3) is 0 Å². The van der Waals surface area contributed by atoms with E-state index in [2.05, 4.69) is 6.92 Å². The Bertz CT molecular complexity index is 476. The molecule has 0 saturated heterocycles. The van der Waals surface area contributed by atoms with Crippen LogP contribution >= 0.6 is 0 Å². The molecule has 0 saturated carbocycles. The van der Waals surface area contributed by atoms with Crippen molar-refractivity contribution < 1.29 is 32.0 Å². The minimum atomic E-state index is -0.433. The second-order valence-corrected chi connectivity index (χ2v) is 7.25. The maximum atomic E-state index is 11.8. The van der Waals surface area contributed by atoms with Crippen LogP contribution in [0.15, 0.2) is 24.3 Å². The summed E-state index contributed by atoms with van der Waals surface area (Å²) in [5.74, 6) is -0.448. The molecule has 0 amide bonds. The van der Waals surface area contributed by atoms with Gasteiger partial charge in [0.05, 0.1) is 6.61 Å². The maximum Gasteiger partial charge on any atom is 0.341 e. The van der Waals surface area contributed by atoms with E-state index in [1.54, 1.807) is 18.2 Å². The molecule has 0 atom stereocenters. The summed E-state index contributed by atoms with van der Waals surface area (Å²) in [5.41, 5.74) is 0.248. The number of ether oxygens (including phenoxy) is 1. The van der Waals surface area contributed by atoms with Gasteiger partial charge in [0.15, 0.2) is 0 Å². The van der Waals surface area contributed by atoms with E-state index in [0.717, 1.165) is 12.8 Å². The molecule has 0 radical (unpaired) electrons. The van der Waals surface area contributed by atoms with Crippen LogP contribution in [-0.2, 0) is 22.1 Å². The van der Waals surface area contributed by atoms with Crippen LogP contribution in [0.2, 0.25) is 0 Å². The average molecular weight is 415 g/mol. The predicted molar refractivity (Wildman–Crippen MR) is 109 cm³/mol. The number of carbonyl (C=O) groups is 1. The van der Waals surface area contributed by atoms with Crippen molar-refractivity contribution >= 4 is 5.97 Å². The molecule has 4 heteroatoms. The van der Waals surface area contributed by atoms with Gasteiger partial charge in [-0.15, -0.1) is 0 Å². The van der Waals surface area contributed by atoms with Gasteiger partial charge in [0.2, 0.25) is 0 Å². The summed E-state index contributed by atoms with van der Waals surface area (Å²) in [6.07, 6.45) is 18.3. The molecule has 1 aromatic rings. The Labute approximate surface area is 177 Å². The van der Waals surface area contributed by atoms with E-state index in [0.29, 0.717) is 6.61 Å². The fourth-order valence-corrected chi connectivity index (χ4v) is 3.19. The van der Waals surface area contributed by atoms with Gasteiger partial charge in [-0.25, -0.2) is 4.79 Å². The predicted octanol–water partition coefficient (Wildman–Crippen LogP) is 7.03. The molecule has 1 rings (SSSR count). The number of hydrogen-bond acceptors (Lipinski definition) is 3. The third-order valence-electron chi connectivity index (χ3n) is 4.86. The second-order valence-electron chi connectivity index (χ2n) is 7.25. The second kappa shape index (κ2) is 18.4. The van der Waals surface area contributed by atoms with Crippen molar-refractivity contribution in [3.05, 3.63) is 29.8 Å². The van der Waals surface area contributed by atoms with E-state index in [1.165, 1.54) is 83.1 Å². The summed E-state index contributed by atoms with van der Waals surface area (Å²) in [6.45, 7) is 2.70. The number of esters is 1. The number of phenols is 1. The molecular weight excluding hydrogens is 376 g/mol. The van der Waals surface area contributed by atoms with Crippen LogP contribution in [-0.4, -0.2) is 17.7 Å². The minimum Gasteiger partial charge on any atom is -0.507 e. The number of hydrogen-bond donors (Lipinski definition) is 1. The van der Waals surface area contributed by atoms with E-state index < -0.39 is 5.97 Å². The third-order valence-corrected chi connectivity index (χ3v) is 4.86. The summed E-state index contributed by atoms with van der Waals surface area (Å²) in [4.78, 5) is 11.8. The molecular formula is C23H38CrO3. The molecule has 154 valence electrons. The van der Waals surface area contributed by atoms with Crippen molar-refractivity contribution in [2.24, 2.45) is 0 Å². The van der Waals surface area contributed by atoms with E-state index in [4.69, 9.17) is 4.74 Å². The standard InChI is InChI=1S/C23H38O3.Cr/c1-2-3-4-5-6-7-8-9-10-11-12-13-14-17-20-26-23(25)21-18-15-16-19-22(21)24;/h15-16,18-19,24H,2-14,17,20H2,1H3;. The van der Waals surface area contributed by atoms with Gasteiger partial charge >= 0.3 is 5.97 Å². The zero-order chi connectivity index (χ0) is 18.9. The molecule has 0 bridgehead atoms. The summed E-state index contributed by atoms with van der Waals surface area (Å²) in [5, 5.41) is 9.61. The first kappa shape index (κ1) is 26.0. The normalized spacial score (nSPS) is 10.4. The zero-order valence-corrected chi connectivity index (χ0v) is 18.4. The number of phenolic OH excluding ortho intramolecular Hbond substituents is 1. The fraction of sp³-hybridized carbons (Fsp3) is 0.696. The number of carbonyl (C=O) groups excluding carboxylic acids is 1. The largest absolute Gasteiger partial charge is 0.507 e. The molecule has 1 N–H and O–H groups in total. The number of unbranched alkanes of at least 4 members (excludes halogenated alkanes) is 13. The first-order chi connectivity index (χ1) is 12.8. The molecule has 3 nitrogen and oxygen atoms in total. The van der Waals surface area contributed by atoms with Crippen molar-refractivity contribution in [3.8, 4) is 5.75 Å². The third kappa shape index (κ3) is 13.8. The van der Waals surface area contributed by atoms with E-state index >= 15 is 0 Å². The number of aromatic hydroxyl groups is 1. The molecule has 0 spiro atoms. The SMILES string of the molecule is CCCCCCCCCCCCCCCCOC(=O)c1ccccc1O.[Cr]. The van der Waals surface area contributed by atoms with Crippen LogP contribution < -0.4 is 0 Å². The summed E-state index contributed by atoms with van der Waals surface area (Å²) in [7, 11) is 0. The van der Waals surface area contributed by atoms with Gasteiger partial charge in [-0.1, -0.05) is 103 Å². The molecule has 0 heterocycles. The number of benzene rings is 1. The molecule has 0 aliphatic rings. The Hall–Kier alpha value is -0.978. The monoisotopic (exact) mass is 414 g/mol. The molecule has 0 aliphatic heterocycles. The Morgan fingerprint density at radius 3 is 1.70 bits per heavy atom. The fourth-order valence-electron chi connectivity index (χ4n) is 3.19. The van der Waals surface area contributed by atoms with Gasteiger partial charge in [0, 0.05) is 17.4 Å². The Kier molecular flexibility index (Phi) is 17.7. The van der Waals surface area contributed by atoms with Crippen LogP contribution in [0, 0.1) is 0 Å². The van der Waals surface area contributed by atoms with Crippen LogP contribution in [0.4, 0.5) is 0 Å². The molecule has 0 aromatic heterocycles. The number of rotatable bonds is 16. The van der Waals surface area contributed by atoms with Crippen molar-refractivity contribution in [2.75, 3.05) is 6.61 Å². The van der Waals surface area contributed by atoms with Crippen LogP contribution in [0.3, 0.4) is 0 Å². The maximum absolute atomic E-state index is 11.8. The molecule has 0 unspecified atom stereocenters. The Morgan fingerprint density at radius 1 is 0.778 bits per heavy atom. The van der Waals surface area contributed by atoms with Crippen molar-refractivity contribution in [1.82, 2.24) is 0 Å². The minimum absolute atomic E-state index is 0. The van der Waals surface area contributed by atoms with Crippen molar-refractivity contribution in [2.45, 2.75) is 96.8 Å². The van der Waals surface area contributed by atoms with Crippen molar-refractivity contribution in [3.63, 3.8) is 0 Å². The molecule has 0 aliphatic carbocycles. The van der Waals surface area contributed by atoms with Crippen molar-refractivity contribution in [1.29, 1.82) is 0 Å². The number of para-hydroxylation sites is 1. The summed E-state index contributed by atoms with van der Waals surface area (Å²) >= 11 is 0. The topological polar surface area (TPSA) is 46.5 Å². The summed E-state index contributed by atoms with van der Waals surface area (Å²) < 4.78 is 5.22. The molecule has 0 fully saturated rings. The molecule has 27 heavy (non-hydrogen) atoms. The quantitative estimate of drug-likeness (QED) is 0.233. The van der Waals surface area contributed by atoms with Crippen LogP contribution in [0.5, 0.6) is 5.75 Å². The van der Waals surface area contributed by atoms with Crippen LogP contribution in [0.1, 0.15) is 107 Å². The van der Waals surface area contributed by atoms with E-state index in [1.807, 2.05) is 0 Å². The van der Waals surface area contributed by atoms with E-state index in [9.17, 15) is 9.90 Å². The molecule has 1 aromatic carbocycles. The van der Waals surface area contributed by atoms with Gasteiger partial charge < -0.3 is 9.84 Å². The average Bonchev–Trinajstić information content (AvgIpc) is 2.65. The first-order valence-electron chi connectivity index (χ1n) is 10.7. The van der Waals surface area contributed by atoms with Gasteiger partial charge in [-0.3, -0.25) is 0 Å². The summed E-state index contributed by atoms with van der Waals surface area (Å²) in [6, 6.07) is 6.51. The Morgan fingerprint density at radius 2 is 1.22 bits per heavy atom. The van der Waals surface area contributed by atoms with Gasteiger partial charge in [-0.2, -0.15) is 0 Å². The van der Waals surface area contributed by atoms with Gasteiger partial charge in [0.25, 0.3) is 0 Å².